The fraction of sp³-hybridized carbons (Fsp3) is 0.455. The molecular weight excluding hydrogens is 411 g/mol. The lowest BCUT2D eigenvalue weighted by atomic mass is 9.93. The van der Waals surface area contributed by atoms with Crippen LogP contribution in [0.5, 0.6) is 5.75 Å². The largest absolute Gasteiger partial charge is 0.491 e. The van der Waals surface area contributed by atoms with Crippen LogP contribution in [-0.4, -0.2) is 37.4 Å². The zero-order valence-electron chi connectivity index (χ0n) is 18.3. The number of carbonyl (C=O) groups excluding carboxylic acids is 1. The molecule has 1 aromatic carbocycles. The molecule has 0 aliphatic carbocycles. The van der Waals surface area contributed by atoms with E-state index >= 15 is 0 Å². The predicted molar refractivity (Wildman–Crippen MR) is 113 cm³/mol. The van der Waals surface area contributed by atoms with E-state index in [0.717, 1.165) is 11.0 Å². The third kappa shape index (κ3) is 6.58. The molecule has 2 rings (SSSR count). The van der Waals surface area contributed by atoms with Crippen LogP contribution in [0.3, 0.4) is 0 Å². The molecule has 2 aromatic rings. The van der Waals surface area contributed by atoms with Gasteiger partial charge in [-0.1, -0.05) is 19.9 Å². The van der Waals surface area contributed by atoms with Gasteiger partial charge in [-0.05, 0) is 54.7 Å². The summed E-state index contributed by atoms with van der Waals surface area (Å²) < 4.78 is 51.4. The number of hydrogen-bond donors (Lipinski definition) is 1. The molecule has 0 aliphatic rings. The number of nitrogens with two attached hydrogens (primary N) is 1. The lowest BCUT2D eigenvalue weighted by molar-refractivity contribution is -0.139. The lowest BCUT2D eigenvalue weighted by Gasteiger charge is -2.27. The summed E-state index contributed by atoms with van der Waals surface area (Å²) in [7, 11) is 2.68. The summed E-state index contributed by atoms with van der Waals surface area (Å²) in [6.45, 7) is 5.69. The second-order valence-electron chi connectivity index (χ2n) is 8.18. The minimum absolute atomic E-state index is 0.0447. The number of halogens is 3. The summed E-state index contributed by atoms with van der Waals surface area (Å²) in [5.74, 6) is 0.246. The Balaban J connectivity index is 2.37. The van der Waals surface area contributed by atoms with E-state index in [0.29, 0.717) is 17.5 Å². The third-order valence-electron chi connectivity index (χ3n) is 4.59. The van der Waals surface area contributed by atoms with Gasteiger partial charge in [0.25, 0.3) is 0 Å². The van der Waals surface area contributed by atoms with E-state index in [1.165, 1.54) is 38.6 Å². The summed E-state index contributed by atoms with van der Waals surface area (Å²) in [6, 6.07) is 6.89. The van der Waals surface area contributed by atoms with Gasteiger partial charge in [0.1, 0.15) is 18.2 Å². The molecule has 0 unspecified atom stereocenters. The third-order valence-corrected chi connectivity index (χ3v) is 4.59. The molecule has 0 radical (unpaired) electrons. The SMILES string of the molecule is COC(=O)N(C)c1cc(-c2ccc(OC[C@@](C)(N)CC(C)C)c(C(F)(F)F)c2)ccn1. The highest BCUT2D eigenvalue weighted by atomic mass is 19.4. The Morgan fingerprint density at radius 3 is 2.42 bits per heavy atom. The predicted octanol–water partition coefficient (Wildman–Crippen LogP) is 5.11. The van der Waals surface area contributed by atoms with Crippen molar-refractivity contribution in [3.63, 3.8) is 0 Å². The summed E-state index contributed by atoms with van der Waals surface area (Å²) >= 11 is 0. The number of carbonyl (C=O) groups is 1. The Bertz CT molecular complexity index is 914. The molecule has 170 valence electrons. The molecule has 0 fully saturated rings. The maximum Gasteiger partial charge on any atom is 0.419 e. The lowest BCUT2D eigenvalue weighted by Crippen LogP contribution is -2.43. The van der Waals surface area contributed by atoms with Gasteiger partial charge >= 0.3 is 12.3 Å². The highest BCUT2D eigenvalue weighted by Gasteiger charge is 2.35. The highest BCUT2D eigenvalue weighted by molar-refractivity contribution is 5.86. The molecule has 31 heavy (non-hydrogen) atoms. The molecule has 0 aliphatic heterocycles. The average Bonchev–Trinajstić information content (AvgIpc) is 2.69. The van der Waals surface area contributed by atoms with Crippen molar-refractivity contribution in [2.75, 3.05) is 25.7 Å². The number of benzene rings is 1. The number of amides is 1. The van der Waals surface area contributed by atoms with Gasteiger partial charge in [-0.3, -0.25) is 4.90 Å². The first kappa shape index (κ1) is 24.5. The Hall–Kier alpha value is -2.81. The number of rotatable bonds is 7. The molecule has 0 bridgehead atoms. The summed E-state index contributed by atoms with van der Waals surface area (Å²) in [4.78, 5) is 16.9. The molecule has 0 spiro atoms. The minimum Gasteiger partial charge on any atom is -0.491 e. The first-order valence-electron chi connectivity index (χ1n) is 9.75. The van der Waals surface area contributed by atoms with Crippen LogP contribution in [0.15, 0.2) is 36.5 Å². The second-order valence-corrected chi connectivity index (χ2v) is 8.18. The fourth-order valence-corrected chi connectivity index (χ4v) is 3.30. The number of hydrogen-bond acceptors (Lipinski definition) is 5. The maximum atomic E-state index is 13.7. The number of anilines is 1. The van der Waals surface area contributed by atoms with E-state index in [2.05, 4.69) is 9.72 Å². The molecule has 1 amide bonds. The zero-order chi connectivity index (χ0) is 23.4. The number of aromatic nitrogens is 1. The molecule has 1 aromatic heterocycles. The van der Waals surface area contributed by atoms with E-state index in [1.807, 2.05) is 13.8 Å². The van der Waals surface area contributed by atoms with Crippen LogP contribution in [0.1, 0.15) is 32.8 Å². The smallest absolute Gasteiger partial charge is 0.419 e. The molecule has 1 atom stereocenters. The van der Waals surface area contributed by atoms with E-state index in [-0.39, 0.29) is 24.1 Å². The Morgan fingerprint density at radius 2 is 1.84 bits per heavy atom. The molecule has 9 heteroatoms. The average molecular weight is 439 g/mol. The number of nitrogens with zero attached hydrogens (tertiary/aromatic N) is 2. The first-order chi connectivity index (χ1) is 14.3. The topological polar surface area (TPSA) is 77.7 Å². The van der Waals surface area contributed by atoms with Crippen LogP contribution in [0, 0.1) is 5.92 Å². The zero-order valence-corrected chi connectivity index (χ0v) is 18.3. The number of ether oxygens (including phenoxy) is 2. The monoisotopic (exact) mass is 439 g/mol. The maximum absolute atomic E-state index is 13.7. The summed E-state index contributed by atoms with van der Waals surface area (Å²) in [6.07, 6.45) is -3.24. The normalized spacial score (nSPS) is 13.6. The van der Waals surface area contributed by atoms with Crippen molar-refractivity contribution < 1.29 is 27.4 Å². The minimum atomic E-state index is -4.62. The van der Waals surface area contributed by atoms with Crippen molar-refractivity contribution in [2.24, 2.45) is 11.7 Å². The van der Waals surface area contributed by atoms with E-state index < -0.39 is 23.4 Å². The second kappa shape index (κ2) is 9.55. The van der Waals surface area contributed by atoms with Gasteiger partial charge in [-0.2, -0.15) is 13.2 Å². The molecule has 2 N–H and O–H groups in total. The van der Waals surface area contributed by atoms with E-state index in [1.54, 1.807) is 13.0 Å². The molecule has 1 heterocycles. The van der Waals surface area contributed by atoms with Gasteiger partial charge in [0, 0.05) is 18.8 Å². The van der Waals surface area contributed by atoms with Gasteiger partial charge in [0.05, 0.1) is 12.7 Å². The Labute approximate surface area is 180 Å². The Morgan fingerprint density at radius 1 is 1.19 bits per heavy atom. The van der Waals surface area contributed by atoms with Crippen molar-refractivity contribution in [1.82, 2.24) is 4.98 Å². The quantitative estimate of drug-likeness (QED) is 0.649. The summed E-state index contributed by atoms with van der Waals surface area (Å²) in [5.41, 5.74) is 5.28. The first-order valence-corrected chi connectivity index (χ1v) is 9.75. The number of pyridine rings is 1. The van der Waals surface area contributed by atoms with Gasteiger partial charge < -0.3 is 15.2 Å². The fourth-order valence-electron chi connectivity index (χ4n) is 3.30. The van der Waals surface area contributed by atoms with Gasteiger partial charge in [0.15, 0.2) is 0 Å². The van der Waals surface area contributed by atoms with Crippen LogP contribution < -0.4 is 15.4 Å². The number of alkyl halides is 3. The van der Waals surface area contributed by atoms with Gasteiger partial charge in [-0.25, -0.2) is 9.78 Å². The molecule has 6 nitrogen and oxygen atoms in total. The summed E-state index contributed by atoms with van der Waals surface area (Å²) in [5, 5.41) is 0. The van der Waals surface area contributed by atoms with Crippen molar-refractivity contribution in [1.29, 1.82) is 0 Å². The Kier molecular flexibility index (Phi) is 7.54. The highest BCUT2D eigenvalue weighted by Crippen LogP contribution is 2.39. The molecule has 0 saturated heterocycles. The van der Waals surface area contributed by atoms with Crippen molar-refractivity contribution in [2.45, 2.75) is 38.9 Å². The van der Waals surface area contributed by atoms with Crippen molar-refractivity contribution >= 4 is 11.9 Å². The molecule has 0 saturated carbocycles. The van der Waals surface area contributed by atoms with Gasteiger partial charge in [0.2, 0.25) is 0 Å². The van der Waals surface area contributed by atoms with Crippen LogP contribution in [0.4, 0.5) is 23.8 Å². The van der Waals surface area contributed by atoms with Crippen molar-refractivity contribution in [3.8, 4) is 16.9 Å². The van der Waals surface area contributed by atoms with Crippen LogP contribution in [0.2, 0.25) is 0 Å². The van der Waals surface area contributed by atoms with Gasteiger partial charge in [-0.15, -0.1) is 0 Å². The van der Waals surface area contributed by atoms with E-state index in [4.69, 9.17) is 10.5 Å². The van der Waals surface area contributed by atoms with Crippen LogP contribution in [-0.2, 0) is 10.9 Å². The van der Waals surface area contributed by atoms with Crippen LogP contribution in [0.25, 0.3) is 11.1 Å². The number of methoxy groups -OCH3 is 1. The van der Waals surface area contributed by atoms with Crippen molar-refractivity contribution in [3.05, 3.63) is 42.1 Å². The van der Waals surface area contributed by atoms with E-state index in [9.17, 15) is 18.0 Å². The molecular formula is C22H28F3N3O3. The standard InChI is InChI=1S/C22H28F3N3O3/c1-14(2)12-21(3,26)13-31-18-7-6-15(10-17(18)22(23,24)25)16-8-9-27-19(11-16)28(4)20(29)30-5/h6-11,14H,12-13,26H2,1-5H3/t21-/m0/s1. The van der Waals surface area contributed by atoms with Crippen LogP contribution >= 0.6 is 0 Å².